The van der Waals surface area contributed by atoms with Crippen molar-refractivity contribution in [3.8, 4) is 5.75 Å². The smallest absolute Gasteiger partial charge is 0.218 e. The second-order valence-corrected chi connectivity index (χ2v) is 4.75. The predicted octanol–water partition coefficient (Wildman–Crippen LogP) is -2.04. The summed E-state index contributed by atoms with van der Waals surface area (Å²) in [5.41, 5.74) is 23.5. The maximum atomic E-state index is 9.87. The largest absolute Gasteiger partial charge is 0.461 e. The first-order valence-electron chi connectivity index (χ1n) is 6.23. The molecule has 0 aliphatic carbocycles. The Labute approximate surface area is 116 Å². The van der Waals surface area contributed by atoms with Crippen molar-refractivity contribution < 1.29 is 19.7 Å². The van der Waals surface area contributed by atoms with Crippen LogP contribution in [0.1, 0.15) is 0 Å². The van der Waals surface area contributed by atoms with Gasteiger partial charge < -0.3 is 42.6 Å². The Bertz CT molecular complexity index is 471. The van der Waals surface area contributed by atoms with E-state index < -0.39 is 30.6 Å². The summed E-state index contributed by atoms with van der Waals surface area (Å²) in [6, 6.07) is 3.81. The van der Waals surface area contributed by atoms with Gasteiger partial charge in [-0.2, -0.15) is 0 Å². The lowest BCUT2D eigenvalue weighted by atomic mass is 9.97. The minimum atomic E-state index is -1.20. The monoisotopic (exact) mass is 284 g/mol. The van der Waals surface area contributed by atoms with E-state index >= 15 is 0 Å². The van der Waals surface area contributed by atoms with E-state index in [2.05, 4.69) is 0 Å². The van der Waals surface area contributed by atoms with Gasteiger partial charge in [-0.15, -0.1) is 0 Å². The minimum Gasteiger partial charge on any atom is -0.461 e. The number of nitrogen functional groups attached to an aromatic ring is 2. The molecule has 5 atom stereocenters. The average Bonchev–Trinajstić information content (AvgIpc) is 2.42. The fraction of sp³-hybridized carbons (Fsp3) is 0.500. The molecule has 1 saturated heterocycles. The molecule has 0 spiro atoms. The van der Waals surface area contributed by atoms with Gasteiger partial charge in [0.05, 0.1) is 11.7 Å². The lowest BCUT2D eigenvalue weighted by molar-refractivity contribution is -0.228. The molecule has 10 N–H and O–H groups in total. The summed E-state index contributed by atoms with van der Waals surface area (Å²) in [5.74, 6) is 0.332. The zero-order valence-electron chi connectivity index (χ0n) is 10.8. The Hall–Kier alpha value is -1.58. The second-order valence-electron chi connectivity index (χ2n) is 4.75. The third-order valence-corrected chi connectivity index (χ3v) is 3.26. The highest BCUT2D eigenvalue weighted by Gasteiger charge is 2.43. The van der Waals surface area contributed by atoms with Crippen LogP contribution < -0.4 is 27.7 Å². The fourth-order valence-electron chi connectivity index (χ4n) is 2.05. The molecule has 8 nitrogen and oxygen atoms in total. The van der Waals surface area contributed by atoms with E-state index in [1.165, 1.54) is 6.07 Å². The van der Waals surface area contributed by atoms with E-state index in [1.807, 2.05) is 0 Å². The molecule has 0 bridgehead atoms. The summed E-state index contributed by atoms with van der Waals surface area (Å²) in [5, 5.41) is 19.6. The molecule has 0 unspecified atom stereocenters. The summed E-state index contributed by atoms with van der Waals surface area (Å²) >= 11 is 0. The average molecular weight is 284 g/mol. The minimum absolute atomic E-state index is 0.0298. The SMILES string of the molecule is NC[C@H]1O[C@H](Oc2ccc(N)cc2N)[C@H](N)[C@@H](O)[C@@H]1O. The van der Waals surface area contributed by atoms with Crippen LogP contribution in [0, 0.1) is 0 Å². The number of rotatable bonds is 3. The van der Waals surface area contributed by atoms with Crippen molar-refractivity contribution in [2.75, 3.05) is 18.0 Å². The number of hydrogen-bond acceptors (Lipinski definition) is 8. The summed E-state index contributed by atoms with van der Waals surface area (Å²) in [6.07, 6.45) is -4.08. The van der Waals surface area contributed by atoms with Crippen LogP contribution in [-0.4, -0.2) is 47.4 Å². The van der Waals surface area contributed by atoms with E-state index in [0.29, 0.717) is 17.1 Å². The summed E-state index contributed by atoms with van der Waals surface area (Å²) < 4.78 is 11.0. The van der Waals surface area contributed by atoms with E-state index in [-0.39, 0.29) is 6.54 Å². The molecule has 1 aliphatic heterocycles. The molecule has 8 heteroatoms. The van der Waals surface area contributed by atoms with E-state index in [9.17, 15) is 10.2 Å². The van der Waals surface area contributed by atoms with E-state index in [1.54, 1.807) is 12.1 Å². The van der Waals surface area contributed by atoms with Crippen LogP contribution in [0.15, 0.2) is 18.2 Å². The molecule has 2 rings (SSSR count). The molecule has 1 aromatic carbocycles. The highest BCUT2D eigenvalue weighted by Crippen LogP contribution is 2.28. The molecule has 0 saturated carbocycles. The van der Waals surface area contributed by atoms with Crippen molar-refractivity contribution >= 4 is 11.4 Å². The molecule has 1 aliphatic rings. The van der Waals surface area contributed by atoms with Gasteiger partial charge in [-0.1, -0.05) is 0 Å². The van der Waals surface area contributed by atoms with Gasteiger partial charge in [-0.05, 0) is 18.2 Å². The number of aliphatic hydroxyl groups excluding tert-OH is 2. The van der Waals surface area contributed by atoms with Crippen LogP contribution in [0.2, 0.25) is 0 Å². The van der Waals surface area contributed by atoms with Gasteiger partial charge in [0.25, 0.3) is 0 Å². The molecule has 1 fully saturated rings. The van der Waals surface area contributed by atoms with Gasteiger partial charge in [-0.25, -0.2) is 0 Å². The first-order valence-corrected chi connectivity index (χ1v) is 6.23. The van der Waals surface area contributed by atoms with Crippen molar-refractivity contribution in [3.63, 3.8) is 0 Å². The molecule has 1 aromatic rings. The Morgan fingerprint density at radius 3 is 2.50 bits per heavy atom. The van der Waals surface area contributed by atoms with Crippen molar-refractivity contribution in [2.45, 2.75) is 30.6 Å². The molecule has 1 heterocycles. The number of anilines is 2. The van der Waals surface area contributed by atoms with Crippen LogP contribution in [-0.2, 0) is 4.74 Å². The van der Waals surface area contributed by atoms with E-state index in [0.717, 1.165) is 0 Å². The Morgan fingerprint density at radius 2 is 1.90 bits per heavy atom. The van der Waals surface area contributed by atoms with Gasteiger partial charge >= 0.3 is 0 Å². The molecule has 112 valence electrons. The Balaban J connectivity index is 2.15. The Kier molecular flexibility index (Phi) is 4.31. The van der Waals surface area contributed by atoms with Crippen LogP contribution in [0.5, 0.6) is 5.75 Å². The fourth-order valence-corrected chi connectivity index (χ4v) is 2.05. The second kappa shape index (κ2) is 5.81. The van der Waals surface area contributed by atoms with Crippen LogP contribution in [0.25, 0.3) is 0 Å². The molecule has 0 radical (unpaired) electrons. The summed E-state index contributed by atoms with van der Waals surface area (Å²) in [4.78, 5) is 0. The zero-order chi connectivity index (χ0) is 14.9. The first-order chi connectivity index (χ1) is 9.43. The summed E-state index contributed by atoms with van der Waals surface area (Å²) in [7, 11) is 0. The third-order valence-electron chi connectivity index (χ3n) is 3.26. The number of aliphatic hydroxyl groups is 2. The van der Waals surface area contributed by atoms with Crippen LogP contribution >= 0.6 is 0 Å². The van der Waals surface area contributed by atoms with Crippen LogP contribution in [0.3, 0.4) is 0 Å². The maximum absolute atomic E-state index is 9.87. The maximum Gasteiger partial charge on any atom is 0.218 e. The van der Waals surface area contributed by atoms with Gasteiger partial charge in [0.15, 0.2) is 0 Å². The lowest BCUT2D eigenvalue weighted by Crippen LogP contribution is -2.64. The van der Waals surface area contributed by atoms with Gasteiger partial charge in [0.1, 0.15) is 24.1 Å². The van der Waals surface area contributed by atoms with Crippen molar-refractivity contribution in [3.05, 3.63) is 18.2 Å². The highest BCUT2D eigenvalue weighted by atomic mass is 16.7. The topological polar surface area (TPSA) is 163 Å². The van der Waals surface area contributed by atoms with Crippen molar-refractivity contribution in [1.29, 1.82) is 0 Å². The standard InChI is InChI=1S/C12H20N4O4/c13-4-8-10(17)11(18)9(16)12(20-8)19-7-2-1-5(14)3-6(7)15/h1-3,8-12,17-18H,4,13-16H2/t8-,9-,10-,11-,12+/m1/s1. The Morgan fingerprint density at radius 1 is 1.20 bits per heavy atom. The number of nitrogens with two attached hydrogens (primary N) is 4. The summed E-state index contributed by atoms with van der Waals surface area (Å²) in [6.45, 7) is 0.0298. The molecular weight excluding hydrogens is 264 g/mol. The molecule has 0 amide bonds. The number of benzene rings is 1. The van der Waals surface area contributed by atoms with Gasteiger partial charge in [0, 0.05) is 12.2 Å². The lowest BCUT2D eigenvalue weighted by Gasteiger charge is -2.40. The first kappa shape index (κ1) is 14.8. The van der Waals surface area contributed by atoms with Crippen LogP contribution in [0.4, 0.5) is 11.4 Å². The van der Waals surface area contributed by atoms with E-state index in [4.69, 9.17) is 32.4 Å². The predicted molar refractivity (Wildman–Crippen MR) is 73.6 cm³/mol. The quantitative estimate of drug-likeness (QED) is 0.346. The highest BCUT2D eigenvalue weighted by molar-refractivity contribution is 5.60. The molecular formula is C12H20N4O4. The number of hydrogen-bond donors (Lipinski definition) is 6. The molecule has 20 heavy (non-hydrogen) atoms. The molecule has 0 aromatic heterocycles. The normalized spacial score (nSPS) is 33.9. The van der Waals surface area contributed by atoms with Gasteiger partial charge in [-0.3, -0.25) is 0 Å². The third kappa shape index (κ3) is 2.79. The number of ether oxygens (including phenoxy) is 2. The van der Waals surface area contributed by atoms with Crippen molar-refractivity contribution in [1.82, 2.24) is 0 Å². The van der Waals surface area contributed by atoms with Crippen molar-refractivity contribution in [2.24, 2.45) is 11.5 Å². The van der Waals surface area contributed by atoms with Gasteiger partial charge in [0.2, 0.25) is 6.29 Å². The zero-order valence-corrected chi connectivity index (χ0v) is 10.8.